The van der Waals surface area contributed by atoms with Gasteiger partial charge < -0.3 is 15.9 Å². The number of aromatic nitrogens is 2. The van der Waals surface area contributed by atoms with Gasteiger partial charge in [0, 0.05) is 16.9 Å². The van der Waals surface area contributed by atoms with Crippen molar-refractivity contribution in [2.24, 2.45) is 0 Å². The molecular weight excluding hydrogens is 370 g/mol. The predicted molar refractivity (Wildman–Crippen MR) is 118 cm³/mol. The van der Waals surface area contributed by atoms with Crippen molar-refractivity contribution < 1.29 is 15.0 Å². The average Bonchev–Trinajstić information content (AvgIpc) is 2.95. The molecule has 4 N–H and O–H groups in total. The number of carbonyl (C=O) groups excluding carboxylic acids is 1. The summed E-state index contributed by atoms with van der Waals surface area (Å²) in [6.45, 7) is 10.1. The second-order valence-corrected chi connectivity index (χ2v) is 6.50. The van der Waals surface area contributed by atoms with Gasteiger partial charge >= 0.3 is 11.7 Å². The fraction of sp³-hybridized carbons (Fsp3) is 0.273. The third-order valence-corrected chi connectivity index (χ3v) is 4.15. The van der Waals surface area contributed by atoms with Crippen LogP contribution in [-0.2, 0) is 11.3 Å². The first-order valence-electron chi connectivity index (χ1n) is 9.19. The number of rotatable bonds is 4. The molecule has 0 bridgehead atoms. The summed E-state index contributed by atoms with van der Waals surface area (Å²) in [6.07, 6.45) is 1.25. The van der Waals surface area contributed by atoms with Crippen LogP contribution in [0.5, 0.6) is 0 Å². The molecule has 0 spiro atoms. The van der Waals surface area contributed by atoms with Crippen molar-refractivity contribution in [3.05, 3.63) is 70.7 Å². The maximum Gasteiger partial charge on any atom is 0.338 e. The number of fused-ring (bicyclic) bond motifs is 1. The molecule has 1 aromatic heterocycles. The highest BCUT2D eigenvalue weighted by Crippen LogP contribution is 2.22. The molecule has 0 unspecified atom stereocenters. The van der Waals surface area contributed by atoms with E-state index < -0.39 is 5.97 Å². The zero-order valence-corrected chi connectivity index (χ0v) is 17.4. The monoisotopic (exact) mass is 399 g/mol. The Morgan fingerprint density at radius 3 is 2.24 bits per heavy atom. The molecule has 0 aliphatic rings. The zero-order valence-electron chi connectivity index (χ0n) is 17.4. The number of anilines is 1. The Kier molecular flexibility index (Phi) is 8.41. The lowest BCUT2D eigenvalue weighted by Crippen LogP contribution is -2.25. The average molecular weight is 399 g/mol. The molecule has 156 valence electrons. The molecule has 0 saturated heterocycles. The molecule has 0 fully saturated rings. The Morgan fingerprint density at radius 1 is 1.10 bits per heavy atom. The van der Waals surface area contributed by atoms with Crippen LogP contribution >= 0.6 is 0 Å². The van der Waals surface area contributed by atoms with E-state index in [0.29, 0.717) is 22.5 Å². The second kappa shape index (κ2) is 10.3. The van der Waals surface area contributed by atoms with Crippen LogP contribution in [0.15, 0.2) is 53.8 Å². The number of hydrogen-bond donors (Lipinski definition) is 1. The van der Waals surface area contributed by atoms with Crippen molar-refractivity contribution >= 4 is 28.4 Å². The van der Waals surface area contributed by atoms with E-state index in [0.717, 1.165) is 11.0 Å². The predicted octanol–water partition coefficient (Wildman–Crippen LogP) is 3.30. The number of hydrogen-bond acceptors (Lipinski definition) is 4. The minimum absolute atomic E-state index is 0. The van der Waals surface area contributed by atoms with Gasteiger partial charge in [-0.3, -0.25) is 9.13 Å². The summed E-state index contributed by atoms with van der Waals surface area (Å²) in [5.41, 5.74) is 9.31. The van der Waals surface area contributed by atoms with Crippen molar-refractivity contribution in [2.75, 3.05) is 12.8 Å². The number of allylic oxidation sites excluding steroid dienone is 1. The maximum absolute atomic E-state index is 12.9. The van der Waals surface area contributed by atoms with Gasteiger partial charge in [-0.1, -0.05) is 45.0 Å². The van der Waals surface area contributed by atoms with Crippen LogP contribution < -0.4 is 11.4 Å². The highest BCUT2D eigenvalue weighted by Gasteiger charge is 2.19. The van der Waals surface area contributed by atoms with E-state index in [1.807, 2.05) is 24.3 Å². The highest BCUT2D eigenvalue weighted by atomic mass is 16.5. The Balaban J connectivity index is 0.000000990. The molecule has 1 heterocycles. The zero-order chi connectivity index (χ0) is 20.8. The molecule has 29 heavy (non-hydrogen) atoms. The van der Waals surface area contributed by atoms with Gasteiger partial charge in [0.25, 0.3) is 0 Å². The molecule has 0 aliphatic heterocycles. The Morgan fingerprint density at radius 2 is 1.69 bits per heavy atom. The summed E-state index contributed by atoms with van der Waals surface area (Å²) >= 11 is 0. The first-order valence-corrected chi connectivity index (χ1v) is 9.19. The number of imidazole rings is 1. The molecule has 7 heteroatoms. The first kappa shape index (κ1) is 23.7. The molecule has 0 saturated carbocycles. The molecule has 0 atom stereocenters. The molecule has 7 nitrogen and oxygen atoms in total. The van der Waals surface area contributed by atoms with Crippen LogP contribution in [-0.4, -0.2) is 27.7 Å². The minimum atomic E-state index is -0.487. The summed E-state index contributed by atoms with van der Waals surface area (Å²) in [7, 11) is 1.31. The second-order valence-electron chi connectivity index (χ2n) is 6.50. The van der Waals surface area contributed by atoms with Crippen LogP contribution in [0.3, 0.4) is 0 Å². The topological polar surface area (TPSA) is 111 Å². The van der Waals surface area contributed by atoms with Crippen LogP contribution in [0.4, 0.5) is 5.69 Å². The standard InChI is InChI=1S/C19H19N3O3.C3H8.H2O/c1-12(2)22-17-10-5-4-9-16(17)21(19(22)24)11-14-13(18(23)25-3)7-6-8-15(14)20;1-3-2;/h4-10H,1,11,20H2,2-3H3;3H2,1-2H3;1H2. The fourth-order valence-electron chi connectivity index (χ4n) is 2.97. The van der Waals surface area contributed by atoms with Crippen LogP contribution in [0.1, 0.15) is 43.1 Å². The largest absolute Gasteiger partial charge is 0.465 e. The Bertz CT molecular complexity index is 1060. The van der Waals surface area contributed by atoms with Gasteiger partial charge in [0.05, 0.1) is 30.3 Å². The van der Waals surface area contributed by atoms with Crippen molar-refractivity contribution in [3.8, 4) is 0 Å². The quantitative estimate of drug-likeness (QED) is 0.536. The lowest BCUT2D eigenvalue weighted by Gasteiger charge is -2.11. The van der Waals surface area contributed by atoms with Crippen molar-refractivity contribution in [3.63, 3.8) is 0 Å². The number of carbonyl (C=O) groups is 1. The number of nitrogens with two attached hydrogens (primary N) is 1. The van der Waals surface area contributed by atoms with E-state index in [-0.39, 0.29) is 17.7 Å². The summed E-state index contributed by atoms with van der Waals surface area (Å²) in [5, 5.41) is 0. The third kappa shape index (κ3) is 4.75. The molecular formula is C22H29N3O4. The number of nitrogens with zero attached hydrogens (tertiary/aromatic N) is 2. The van der Waals surface area contributed by atoms with Gasteiger partial charge in [-0.2, -0.15) is 0 Å². The smallest absolute Gasteiger partial charge is 0.338 e. The van der Waals surface area contributed by atoms with E-state index in [4.69, 9.17) is 10.5 Å². The molecule has 3 rings (SSSR count). The van der Waals surface area contributed by atoms with Gasteiger partial charge in [0.15, 0.2) is 0 Å². The van der Waals surface area contributed by atoms with E-state index in [1.54, 1.807) is 34.3 Å². The number of esters is 1. The van der Waals surface area contributed by atoms with E-state index in [2.05, 4.69) is 20.4 Å². The molecule has 2 aromatic carbocycles. The van der Waals surface area contributed by atoms with Gasteiger partial charge in [0.2, 0.25) is 0 Å². The van der Waals surface area contributed by atoms with E-state index in [1.165, 1.54) is 13.5 Å². The van der Waals surface area contributed by atoms with Crippen molar-refractivity contribution in [2.45, 2.75) is 33.7 Å². The number of benzene rings is 2. The Labute approximate surface area is 170 Å². The van der Waals surface area contributed by atoms with Crippen molar-refractivity contribution in [1.82, 2.24) is 9.13 Å². The van der Waals surface area contributed by atoms with Crippen LogP contribution in [0.25, 0.3) is 16.7 Å². The number of ether oxygens (including phenoxy) is 1. The molecule has 3 aromatic rings. The minimum Gasteiger partial charge on any atom is -0.465 e. The van der Waals surface area contributed by atoms with Gasteiger partial charge in [0.1, 0.15) is 0 Å². The Hall–Kier alpha value is -3.32. The first-order chi connectivity index (χ1) is 13.4. The fourth-order valence-corrected chi connectivity index (χ4v) is 2.97. The molecule has 0 aliphatic carbocycles. The number of para-hydroxylation sites is 2. The summed E-state index contributed by atoms with van der Waals surface area (Å²) in [6, 6.07) is 12.5. The van der Waals surface area contributed by atoms with Gasteiger partial charge in [-0.25, -0.2) is 9.59 Å². The van der Waals surface area contributed by atoms with Crippen molar-refractivity contribution in [1.29, 1.82) is 0 Å². The maximum atomic E-state index is 12.9. The molecule has 0 radical (unpaired) electrons. The van der Waals surface area contributed by atoms with E-state index >= 15 is 0 Å². The number of nitrogen functional groups attached to an aromatic ring is 1. The SMILES string of the molecule is C=C(C)n1c(=O)n(Cc2c(N)cccc2C(=O)OC)c2ccccc21.CCC.O. The van der Waals surface area contributed by atoms with Gasteiger partial charge in [-0.05, 0) is 31.2 Å². The number of methoxy groups -OCH3 is 1. The summed E-state index contributed by atoms with van der Waals surface area (Å²) in [4.78, 5) is 25.0. The normalized spacial score (nSPS) is 9.93. The van der Waals surface area contributed by atoms with Gasteiger partial charge in [-0.15, -0.1) is 0 Å². The lowest BCUT2D eigenvalue weighted by molar-refractivity contribution is 0.0599. The summed E-state index contributed by atoms with van der Waals surface area (Å²) < 4.78 is 7.96. The highest BCUT2D eigenvalue weighted by molar-refractivity contribution is 5.92. The third-order valence-electron chi connectivity index (χ3n) is 4.15. The van der Waals surface area contributed by atoms with E-state index in [9.17, 15) is 9.59 Å². The summed E-state index contributed by atoms with van der Waals surface area (Å²) in [5.74, 6) is -0.487. The lowest BCUT2D eigenvalue weighted by atomic mass is 10.1. The van der Waals surface area contributed by atoms with Crippen LogP contribution in [0, 0.1) is 0 Å². The molecule has 0 amide bonds. The van der Waals surface area contributed by atoms with Crippen LogP contribution in [0.2, 0.25) is 0 Å².